The monoisotopic (exact) mass is 278 g/mol. The zero-order valence-electron chi connectivity index (χ0n) is 13.6. The third kappa shape index (κ3) is 3.49. The van der Waals surface area contributed by atoms with E-state index in [0.717, 1.165) is 0 Å². The van der Waals surface area contributed by atoms with Crippen molar-refractivity contribution in [1.82, 2.24) is 0 Å². The number of aryl methyl sites for hydroxylation is 2. The summed E-state index contributed by atoms with van der Waals surface area (Å²) < 4.78 is 2.21. The van der Waals surface area contributed by atoms with Gasteiger partial charge in [-0.25, -0.2) is 4.58 Å². The fraction of sp³-hybridized carbons (Fsp3) is 0.250. The summed E-state index contributed by atoms with van der Waals surface area (Å²) in [6, 6.07) is 17.0. The normalized spacial score (nSPS) is 13.1. The van der Waals surface area contributed by atoms with E-state index >= 15 is 0 Å². The van der Waals surface area contributed by atoms with Gasteiger partial charge in [0, 0.05) is 18.1 Å². The first kappa shape index (κ1) is 15.2. The highest BCUT2D eigenvalue weighted by molar-refractivity contribution is 5.96. The fourth-order valence-electron chi connectivity index (χ4n) is 2.64. The molecule has 0 N–H and O–H groups in total. The van der Waals surface area contributed by atoms with Crippen LogP contribution in [0.5, 0.6) is 0 Å². The van der Waals surface area contributed by atoms with Crippen LogP contribution in [-0.4, -0.2) is 17.3 Å². The van der Waals surface area contributed by atoms with Crippen LogP contribution < -0.4 is 0 Å². The van der Waals surface area contributed by atoms with Gasteiger partial charge in [-0.05, 0) is 43.5 Å². The molecule has 1 heteroatoms. The molecule has 2 rings (SSSR count). The van der Waals surface area contributed by atoms with Crippen LogP contribution in [0.3, 0.4) is 0 Å². The van der Waals surface area contributed by atoms with Gasteiger partial charge >= 0.3 is 0 Å². The van der Waals surface area contributed by atoms with E-state index in [9.17, 15) is 0 Å². The SMILES string of the molecule is CC(=C[N+](C)=C(C)c1ccccc1C)c1ccccc1C. The van der Waals surface area contributed by atoms with Crippen molar-refractivity contribution < 1.29 is 4.58 Å². The lowest BCUT2D eigenvalue weighted by Gasteiger charge is -2.06. The van der Waals surface area contributed by atoms with Crippen molar-refractivity contribution >= 4 is 11.3 Å². The molecular formula is C20H24N+. The highest BCUT2D eigenvalue weighted by Crippen LogP contribution is 2.18. The molecule has 0 saturated carbocycles. The molecule has 2 aromatic rings. The average molecular weight is 278 g/mol. The smallest absolute Gasteiger partial charge is 0.185 e. The first-order valence-electron chi connectivity index (χ1n) is 7.37. The number of benzene rings is 2. The number of rotatable bonds is 3. The summed E-state index contributed by atoms with van der Waals surface area (Å²) >= 11 is 0. The molecule has 0 radical (unpaired) electrons. The van der Waals surface area contributed by atoms with Crippen LogP contribution >= 0.6 is 0 Å². The van der Waals surface area contributed by atoms with Gasteiger partial charge < -0.3 is 0 Å². The standard InChI is InChI=1S/C20H24N/c1-15-10-6-8-12-19(15)17(3)14-21(5)18(4)20-13-9-7-11-16(20)2/h6-14H,1-5H3/q+1. The molecule has 0 aliphatic heterocycles. The minimum Gasteiger partial charge on any atom is -0.205 e. The number of hydrogen-bond donors (Lipinski definition) is 0. The van der Waals surface area contributed by atoms with E-state index in [1.807, 2.05) is 0 Å². The molecule has 0 bridgehead atoms. The Morgan fingerprint density at radius 2 is 1.29 bits per heavy atom. The predicted molar refractivity (Wildman–Crippen MR) is 92.0 cm³/mol. The molecule has 0 amide bonds. The van der Waals surface area contributed by atoms with E-state index in [1.54, 1.807) is 0 Å². The maximum atomic E-state index is 2.21. The maximum Gasteiger partial charge on any atom is 0.185 e. The van der Waals surface area contributed by atoms with Crippen LogP contribution in [0, 0.1) is 13.8 Å². The van der Waals surface area contributed by atoms with E-state index in [4.69, 9.17) is 0 Å². The summed E-state index contributed by atoms with van der Waals surface area (Å²) in [6.07, 6.45) is 2.21. The van der Waals surface area contributed by atoms with Crippen molar-refractivity contribution in [3.63, 3.8) is 0 Å². The Hall–Kier alpha value is -2.15. The van der Waals surface area contributed by atoms with Gasteiger partial charge in [-0.15, -0.1) is 0 Å². The van der Waals surface area contributed by atoms with Crippen LogP contribution in [0.2, 0.25) is 0 Å². The second-order valence-corrected chi connectivity index (χ2v) is 5.64. The van der Waals surface area contributed by atoms with Crippen molar-refractivity contribution in [3.8, 4) is 0 Å². The molecule has 0 saturated heterocycles. The quantitative estimate of drug-likeness (QED) is 0.559. The Morgan fingerprint density at radius 3 is 1.81 bits per heavy atom. The highest BCUT2D eigenvalue weighted by atomic mass is 14.9. The highest BCUT2D eigenvalue weighted by Gasteiger charge is 2.10. The molecule has 1 nitrogen and oxygen atoms in total. The Morgan fingerprint density at radius 1 is 0.810 bits per heavy atom. The zero-order chi connectivity index (χ0) is 15.4. The van der Waals surface area contributed by atoms with Crippen LogP contribution in [0.15, 0.2) is 54.7 Å². The zero-order valence-corrected chi connectivity index (χ0v) is 13.6. The molecule has 0 fully saturated rings. The van der Waals surface area contributed by atoms with Gasteiger partial charge in [0.1, 0.15) is 7.05 Å². The fourth-order valence-corrected chi connectivity index (χ4v) is 2.64. The van der Waals surface area contributed by atoms with Gasteiger partial charge in [-0.3, -0.25) is 0 Å². The lowest BCUT2D eigenvalue weighted by Crippen LogP contribution is -2.12. The van der Waals surface area contributed by atoms with Crippen LogP contribution in [0.1, 0.15) is 36.1 Å². The Bertz CT molecular complexity index is 705. The summed E-state index contributed by atoms with van der Waals surface area (Å²) in [4.78, 5) is 0. The first-order chi connectivity index (χ1) is 10.0. The number of hydrogen-bond acceptors (Lipinski definition) is 0. The van der Waals surface area contributed by atoms with Crippen molar-refractivity contribution in [3.05, 3.63) is 77.0 Å². The van der Waals surface area contributed by atoms with Crippen molar-refractivity contribution in [1.29, 1.82) is 0 Å². The molecule has 0 unspecified atom stereocenters. The summed E-state index contributed by atoms with van der Waals surface area (Å²) in [5.74, 6) is 0. The molecule has 21 heavy (non-hydrogen) atoms. The average Bonchev–Trinajstić information content (AvgIpc) is 2.47. The molecule has 0 aliphatic carbocycles. The molecule has 0 aromatic heterocycles. The Kier molecular flexibility index (Phi) is 4.74. The molecule has 108 valence electrons. The second kappa shape index (κ2) is 6.53. The molecule has 0 atom stereocenters. The minimum absolute atomic E-state index is 1.26. The van der Waals surface area contributed by atoms with E-state index < -0.39 is 0 Å². The Balaban J connectivity index is 2.42. The van der Waals surface area contributed by atoms with Crippen LogP contribution in [0.25, 0.3) is 5.57 Å². The first-order valence-corrected chi connectivity index (χ1v) is 7.37. The van der Waals surface area contributed by atoms with E-state index in [-0.39, 0.29) is 0 Å². The maximum absolute atomic E-state index is 2.21. The molecule has 2 aromatic carbocycles. The Labute approximate surface area is 128 Å². The third-order valence-corrected chi connectivity index (χ3v) is 4.02. The van der Waals surface area contributed by atoms with Gasteiger partial charge in [0.05, 0.1) is 0 Å². The van der Waals surface area contributed by atoms with E-state index in [1.165, 1.54) is 33.5 Å². The van der Waals surface area contributed by atoms with Gasteiger partial charge in [0.25, 0.3) is 0 Å². The summed E-state index contributed by atoms with van der Waals surface area (Å²) in [6.45, 7) is 8.66. The van der Waals surface area contributed by atoms with E-state index in [0.29, 0.717) is 0 Å². The largest absolute Gasteiger partial charge is 0.205 e. The summed E-state index contributed by atoms with van der Waals surface area (Å²) in [5, 5.41) is 0. The van der Waals surface area contributed by atoms with Gasteiger partial charge in [0.2, 0.25) is 0 Å². The van der Waals surface area contributed by atoms with Crippen LogP contribution in [0.4, 0.5) is 0 Å². The summed E-state index contributed by atoms with van der Waals surface area (Å²) in [5.41, 5.74) is 7.78. The topological polar surface area (TPSA) is 3.01 Å². The molecule has 0 spiro atoms. The minimum atomic E-state index is 1.26. The van der Waals surface area contributed by atoms with Crippen molar-refractivity contribution in [2.24, 2.45) is 0 Å². The van der Waals surface area contributed by atoms with Gasteiger partial charge in [-0.1, -0.05) is 42.5 Å². The van der Waals surface area contributed by atoms with Gasteiger partial charge in [0.15, 0.2) is 11.9 Å². The summed E-state index contributed by atoms with van der Waals surface area (Å²) in [7, 11) is 2.11. The number of nitrogens with zero attached hydrogens (tertiary/aromatic N) is 1. The third-order valence-electron chi connectivity index (χ3n) is 4.02. The molecule has 0 aliphatic rings. The predicted octanol–water partition coefficient (Wildman–Crippen LogP) is 4.82. The number of allylic oxidation sites excluding steroid dienone is 1. The van der Waals surface area contributed by atoms with Crippen molar-refractivity contribution in [2.75, 3.05) is 7.05 Å². The van der Waals surface area contributed by atoms with Crippen LogP contribution in [-0.2, 0) is 0 Å². The van der Waals surface area contributed by atoms with E-state index in [2.05, 4.69) is 94.0 Å². The van der Waals surface area contributed by atoms with Crippen molar-refractivity contribution in [2.45, 2.75) is 27.7 Å². The molecular weight excluding hydrogens is 254 g/mol. The molecule has 0 heterocycles. The van der Waals surface area contributed by atoms with Gasteiger partial charge in [-0.2, -0.15) is 0 Å². The lowest BCUT2D eigenvalue weighted by molar-refractivity contribution is -0.421. The lowest BCUT2D eigenvalue weighted by atomic mass is 10.0. The second-order valence-electron chi connectivity index (χ2n) is 5.64.